The van der Waals surface area contributed by atoms with Crippen LogP contribution < -0.4 is 0 Å². The Hall–Kier alpha value is -1.52. The van der Waals surface area contributed by atoms with Crippen molar-refractivity contribution in [1.82, 2.24) is 0 Å². The molecule has 94 valence electrons. The molecule has 3 aromatic rings. The number of ketones is 1. The van der Waals surface area contributed by atoms with Crippen LogP contribution in [-0.2, 0) is 0 Å². The summed E-state index contributed by atoms with van der Waals surface area (Å²) in [5.41, 5.74) is 0.992. The van der Waals surface area contributed by atoms with E-state index >= 15 is 0 Å². The predicted octanol–water partition coefficient (Wildman–Crippen LogP) is 5.03. The monoisotopic (exact) mass is 334 g/mol. The lowest BCUT2D eigenvalue weighted by Gasteiger charge is -2.00. The first kappa shape index (κ1) is 12.5. The summed E-state index contributed by atoms with van der Waals surface area (Å²) in [6.45, 7) is 0. The van der Waals surface area contributed by atoms with E-state index in [4.69, 9.17) is 0 Å². The zero-order valence-corrected chi connectivity index (χ0v) is 12.1. The summed E-state index contributed by atoms with van der Waals surface area (Å²) in [7, 11) is 0. The van der Waals surface area contributed by atoms with Crippen molar-refractivity contribution in [3.8, 4) is 0 Å². The van der Waals surface area contributed by atoms with Gasteiger partial charge >= 0.3 is 0 Å². The molecular weight excluding hydrogens is 327 g/mol. The van der Waals surface area contributed by atoms with Gasteiger partial charge in [0.2, 0.25) is 0 Å². The SMILES string of the molecule is O=C(c1cccc(F)c1)c1csc2c(Br)cccc12. The summed E-state index contributed by atoms with van der Waals surface area (Å²) >= 11 is 4.97. The topological polar surface area (TPSA) is 17.1 Å². The van der Waals surface area contributed by atoms with Crippen molar-refractivity contribution >= 4 is 43.1 Å². The van der Waals surface area contributed by atoms with Crippen molar-refractivity contribution in [1.29, 1.82) is 0 Å². The van der Waals surface area contributed by atoms with Gasteiger partial charge in [-0.05, 0) is 34.1 Å². The lowest BCUT2D eigenvalue weighted by Crippen LogP contribution is -2.00. The van der Waals surface area contributed by atoms with E-state index in [1.165, 1.54) is 23.5 Å². The quantitative estimate of drug-likeness (QED) is 0.600. The van der Waals surface area contributed by atoms with Crippen LogP contribution in [0.5, 0.6) is 0 Å². The van der Waals surface area contributed by atoms with Crippen molar-refractivity contribution < 1.29 is 9.18 Å². The summed E-state index contributed by atoms with van der Waals surface area (Å²) in [4.78, 5) is 12.4. The standard InChI is InChI=1S/C15H8BrFOS/c16-13-6-2-5-11-12(8-19-15(11)13)14(18)9-3-1-4-10(17)7-9/h1-8H. The molecule has 0 spiro atoms. The Kier molecular flexibility index (Phi) is 3.21. The maximum absolute atomic E-state index is 13.2. The molecule has 1 heterocycles. The van der Waals surface area contributed by atoms with E-state index in [1.54, 1.807) is 12.1 Å². The summed E-state index contributed by atoms with van der Waals surface area (Å²) in [5.74, 6) is -0.546. The van der Waals surface area contributed by atoms with Gasteiger partial charge in [0.15, 0.2) is 5.78 Å². The van der Waals surface area contributed by atoms with Gasteiger partial charge < -0.3 is 0 Å². The molecule has 0 aliphatic carbocycles. The maximum atomic E-state index is 13.2. The van der Waals surface area contributed by atoms with Crippen LogP contribution in [0, 0.1) is 5.82 Å². The van der Waals surface area contributed by atoms with E-state index in [2.05, 4.69) is 15.9 Å². The molecule has 0 aliphatic heterocycles. The third-order valence-electron chi connectivity index (χ3n) is 2.88. The smallest absolute Gasteiger partial charge is 0.194 e. The third-order valence-corrected chi connectivity index (χ3v) is 4.84. The first-order chi connectivity index (χ1) is 9.16. The average molecular weight is 335 g/mol. The number of thiophene rings is 1. The molecule has 19 heavy (non-hydrogen) atoms. The number of fused-ring (bicyclic) bond motifs is 1. The Labute approximate surface area is 121 Å². The first-order valence-corrected chi connectivity index (χ1v) is 7.30. The average Bonchev–Trinajstić information content (AvgIpc) is 2.83. The van der Waals surface area contributed by atoms with Crippen LogP contribution in [0.15, 0.2) is 52.3 Å². The van der Waals surface area contributed by atoms with E-state index < -0.39 is 5.82 Å². The Morgan fingerprint density at radius 3 is 2.74 bits per heavy atom. The molecular formula is C15H8BrFOS. The molecule has 0 unspecified atom stereocenters. The van der Waals surface area contributed by atoms with Crippen LogP contribution in [0.1, 0.15) is 15.9 Å². The molecule has 3 rings (SSSR count). The fraction of sp³-hybridized carbons (Fsp3) is 0. The van der Waals surface area contributed by atoms with Gasteiger partial charge in [-0.2, -0.15) is 0 Å². The fourth-order valence-corrected chi connectivity index (χ4v) is 3.58. The lowest BCUT2D eigenvalue weighted by molar-refractivity contribution is 0.104. The van der Waals surface area contributed by atoms with Gasteiger partial charge in [-0.3, -0.25) is 4.79 Å². The molecule has 0 aliphatic rings. The van der Waals surface area contributed by atoms with Crippen molar-refractivity contribution in [3.63, 3.8) is 0 Å². The Balaban J connectivity index is 2.15. The summed E-state index contributed by atoms with van der Waals surface area (Å²) in [5, 5.41) is 2.72. The maximum Gasteiger partial charge on any atom is 0.194 e. The number of rotatable bonds is 2. The van der Waals surface area contributed by atoms with E-state index in [1.807, 2.05) is 23.6 Å². The second-order valence-corrected chi connectivity index (χ2v) is 5.84. The van der Waals surface area contributed by atoms with Crippen molar-refractivity contribution in [2.45, 2.75) is 0 Å². The molecule has 0 bridgehead atoms. The molecule has 0 fully saturated rings. The Morgan fingerprint density at radius 1 is 1.16 bits per heavy atom. The summed E-state index contributed by atoms with van der Waals surface area (Å²) in [6.07, 6.45) is 0. The van der Waals surface area contributed by atoms with Crippen LogP contribution in [0.2, 0.25) is 0 Å². The van der Waals surface area contributed by atoms with Crippen LogP contribution in [0.25, 0.3) is 10.1 Å². The normalized spacial score (nSPS) is 10.8. The van der Waals surface area contributed by atoms with Crippen molar-refractivity contribution in [2.75, 3.05) is 0 Å². The molecule has 4 heteroatoms. The molecule has 0 atom stereocenters. The van der Waals surface area contributed by atoms with E-state index in [9.17, 15) is 9.18 Å². The zero-order valence-electron chi connectivity index (χ0n) is 9.69. The van der Waals surface area contributed by atoms with Gasteiger partial charge in [0.1, 0.15) is 5.82 Å². The minimum absolute atomic E-state index is 0.149. The molecule has 0 saturated carbocycles. The van der Waals surface area contributed by atoms with Gasteiger partial charge in [0.05, 0.1) is 0 Å². The fourth-order valence-electron chi connectivity index (χ4n) is 1.98. The van der Waals surface area contributed by atoms with E-state index in [0.29, 0.717) is 11.1 Å². The minimum atomic E-state index is -0.397. The van der Waals surface area contributed by atoms with Gasteiger partial charge in [-0.15, -0.1) is 11.3 Å². The highest BCUT2D eigenvalue weighted by Gasteiger charge is 2.15. The second kappa shape index (κ2) is 4.87. The highest BCUT2D eigenvalue weighted by atomic mass is 79.9. The second-order valence-electron chi connectivity index (χ2n) is 4.11. The van der Waals surface area contributed by atoms with Gasteiger partial charge in [-0.25, -0.2) is 4.39 Å². The highest BCUT2D eigenvalue weighted by molar-refractivity contribution is 9.10. The van der Waals surface area contributed by atoms with Crippen molar-refractivity contribution in [3.05, 3.63) is 69.3 Å². The highest BCUT2D eigenvalue weighted by Crippen LogP contribution is 2.33. The van der Waals surface area contributed by atoms with Crippen LogP contribution in [0.3, 0.4) is 0 Å². The van der Waals surface area contributed by atoms with E-state index in [-0.39, 0.29) is 5.78 Å². The first-order valence-electron chi connectivity index (χ1n) is 5.63. The number of carbonyl (C=O) groups is 1. The number of carbonyl (C=O) groups excluding carboxylic acids is 1. The Morgan fingerprint density at radius 2 is 1.95 bits per heavy atom. The lowest BCUT2D eigenvalue weighted by atomic mass is 10.0. The Bertz CT molecular complexity index is 779. The van der Waals surface area contributed by atoms with Crippen LogP contribution in [0.4, 0.5) is 4.39 Å². The molecule has 1 nitrogen and oxygen atoms in total. The number of benzene rings is 2. The predicted molar refractivity (Wildman–Crippen MR) is 79.4 cm³/mol. The van der Waals surface area contributed by atoms with Gasteiger partial charge in [0.25, 0.3) is 0 Å². The summed E-state index contributed by atoms with van der Waals surface area (Å²) < 4.78 is 15.2. The molecule has 0 amide bonds. The zero-order chi connectivity index (χ0) is 13.4. The number of hydrogen-bond donors (Lipinski definition) is 0. The molecule has 1 aromatic heterocycles. The van der Waals surface area contributed by atoms with Gasteiger partial charge in [-0.1, -0.05) is 24.3 Å². The number of hydrogen-bond acceptors (Lipinski definition) is 2. The van der Waals surface area contributed by atoms with Crippen LogP contribution >= 0.6 is 27.3 Å². The largest absolute Gasteiger partial charge is 0.289 e. The van der Waals surface area contributed by atoms with Crippen molar-refractivity contribution in [2.24, 2.45) is 0 Å². The van der Waals surface area contributed by atoms with Gasteiger partial charge in [0, 0.05) is 31.1 Å². The van der Waals surface area contributed by atoms with E-state index in [0.717, 1.165) is 14.6 Å². The molecule has 0 radical (unpaired) electrons. The minimum Gasteiger partial charge on any atom is -0.289 e. The molecule has 0 N–H and O–H groups in total. The third kappa shape index (κ3) is 2.22. The summed E-state index contributed by atoms with van der Waals surface area (Å²) in [6, 6.07) is 11.5. The van der Waals surface area contributed by atoms with Crippen LogP contribution in [-0.4, -0.2) is 5.78 Å². The number of halogens is 2. The molecule has 0 saturated heterocycles. The molecule has 2 aromatic carbocycles.